The van der Waals surface area contributed by atoms with E-state index in [0.29, 0.717) is 28.4 Å². The number of hydrogen-bond acceptors (Lipinski definition) is 7. The van der Waals surface area contributed by atoms with Crippen molar-refractivity contribution in [3.63, 3.8) is 0 Å². The summed E-state index contributed by atoms with van der Waals surface area (Å²) in [5, 5.41) is 8.62. The van der Waals surface area contributed by atoms with Gasteiger partial charge in [-0.1, -0.05) is 42.1 Å². The van der Waals surface area contributed by atoms with Crippen molar-refractivity contribution >= 4 is 17.5 Å². The maximum atomic E-state index is 5.89. The molecule has 0 spiro atoms. The van der Waals surface area contributed by atoms with E-state index in [0.717, 1.165) is 29.7 Å². The van der Waals surface area contributed by atoms with Gasteiger partial charge in [-0.15, -0.1) is 10.2 Å². The minimum atomic E-state index is 0.292. The zero-order valence-corrected chi connectivity index (χ0v) is 15.6. The highest BCUT2D eigenvalue weighted by Gasteiger charge is 2.21. The van der Waals surface area contributed by atoms with E-state index in [2.05, 4.69) is 16.3 Å². The van der Waals surface area contributed by atoms with Crippen molar-refractivity contribution in [1.82, 2.24) is 10.2 Å². The first-order valence-corrected chi connectivity index (χ1v) is 9.50. The second kappa shape index (κ2) is 8.18. The number of hydrogen-bond donors (Lipinski definition) is 0. The topological polar surface area (TPSA) is 66.6 Å². The first-order valence-electron chi connectivity index (χ1n) is 8.51. The summed E-state index contributed by atoms with van der Waals surface area (Å²) in [6.45, 7) is 0. The lowest BCUT2D eigenvalue weighted by Crippen LogP contribution is -2.03. The van der Waals surface area contributed by atoms with Crippen molar-refractivity contribution in [2.75, 3.05) is 7.11 Å². The van der Waals surface area contributed by atoms with Gasteiger partial charge in [-0.05, 0) is 36.1 Å². The Morgan fingerprint density at radius 3 is 2.96 bits per heavy atom. The third-order valence-corrected chi connectivity index (χ3v) is 4.90. The molecule has 0 radical (unpaired) electrons. The molecule has 2 aliphatic rings. The summed E-state index contributed by atoms with van der Waals surface area (Å²) in [7, 11) is 1.65. The van der Waals surface area contributed by atoms with Crippen LogP contribution in [0.2, 0.25) is 0 Å². The normalized spacial score (nSPS) is 16.0. The molecule has 0 atom stereocenters. The number of allylic oxidation sites excluding steroid dienone is 4. The van der Waals surface area contributed by atoms with Crippen LogP contribution in [0.15, 0.2) is 76.0 Å². The highest BCUT2D eigenvalue weighted by molar-refractivity contribution is 7.98. The van der Waals surface area contributed by atoms with Gasteiger partial charge in [-0.2, -0.15) is 0 Å². The molecule has 27 heavy (non-hydrogen) atoms. The molecule has 0 amide bonds. The summed E-state index contributed by atoms with van der Waals surface area (Å²) in [6, 6.07) is 7.87. The Hall–Kier alpha value is -2.93. The van der Waals surface area contributed by atoms with Crippen LogP contribution in [0.4, 0.5) is 0 Å². The molecule has 2 heterocycles. The van der Waals surface area contributed by atoms with Crippen LogP contribution in [0, 0.1) is 0 Å². The average molecular weight is 382 g/mol. The van der Waals surface area contributed by atoms with Gasteiger partial charge in [0.15, 0.2) is 5.76 Å². The Morgan fingerprint density at radius 2 is 2.11 bits per heavy atom. The fourth-order valence-electron chi connectivity index (χ4n) is 2.64. The van der Waals surface area contributed by atoms with Gasteiger partial charge in [-0.3, -0.25) is 0 Å². The number of methoxy groups -OCH3 is 1. The van der Waals surface area contributed by atoms with E-state index in [1.165, 1.54) is 18.0 Å². The van der Waals surface area contributed by atoms with E-state index in [1.54, 1.807) is 13.4 Å². The Labute approximate surface area is 161 Å². The molecular formula is C20H18N2O4S. The van der Waals surface area contributed by atoms with Crippen LogP contribution in [0.1, 0.15) is 24.3 Å². The summed E-state index contributed by atoms with van der Waals surface area (Å²) < 4.78 is 22.2. The van der Waals surface area contributed by atoms with Crippen molar-refractivity contribution in [3.05, 3.63) is 77.8 Å². The average Bonchev–Trinajstić information content (AvgIpc) is 3.22. The monoisotopic (exact) mass is 382 g/mol. The maximum absolute atomic E-state index is 5.89. The van der Waals surface area contributed by atoms with Gasteiger partial charge >= 0.3 is 0 Å². The van der Waals surface area contributed by atoms with Crippen LogP contribution in [-0.2, 0) is 15.2 Å². The minimum Gasteiger partial charge on any atom is -0.497 e. The number of nitrogens with zero attached hydrogens (tertiary/aromatic N) is 2. The fourth-order valence-corrected chi connectivity index (χ4v) is 3.35. The van der Waals surface area contributed by atoms with Crippen molar-refractivity contribution in [1.29, 1.82) is 0 Å². The molecule has 1 aliphatic carbocycles. The summed E-state index contributed by atoms with van der Waals surface area (Å²) in [4.78, 5) is 0. The number of thioether (sulfide) groups is 1. The van der Waals surface area contributed by atoms with Gasteiger partial charge in [-0.25, -0.2) is 0 Å². The zero-order valence-electron chi connectivity index (χ0n) is 14.8. The second-order valence-electron chi connectivity index (χ2n) is 5.87. The van der Waals surface area contributed by atoms with Gasteiger partial charge in [0.1, 0.15) is 18.3 Å². The lowest BCUT2D eigenvalue weighted by Gasteiger charge is -2.17. The quantitative estimate of drug-likeness (QED) is 0.663. The predicted octanol–water partition coefficient (Wildman–Crippen LogP) is 4.83. The van der Waals surface area contributed by atoms with Gasteiger partial charge in [0.2, 0.25) is 5.76 Å². The number of rotatable bonds is 6. The van der Waals surface area contributed by atoms with Gasteiger partial charge in [0, 0.05) is 5.75 Å². The molecule has 1 aromatic heterocycles. The molecule has 0 fully saturated rings. The lowest BCUT2D eigenvalue weighted by atomic mass is 10.0. The van der Waals surface area contributed by atoms with Crippen LogP contribution in [0.5, 0.6) is 5.75 Å². The molecule has 7 heteroatoms. The van der Waals surface area contributed by atoms with E-state index in [1.807, 2.05) is 36.4 Å². The highest BCUT2D eigenvalue weighted by atomic mass is 32.2. The largest absolute Gasteiger partial charge is 0.497 e. The Morgan fingerprint density at radius 1 is 1.19 bits per heavy atom. The standard InChI is InChI=1S/C20H18N2O4S/c1-23-16-9-5-6-14(10-16)13-27-20-22-21-19(26-20)18-12-24-11-17(25-18)15-7-3-2-4-8-15/h2-3,5-7,9-12H,4,8,13H2,1H3. The molecule has 2 aromatic rings. The van der Waals surface area contributed by atoms with Crippen molar-refractivity contribution < 1.29 is 18.6 Å². The van der Waals surface area contributed by atoms with E-state index in [4.69, 9.17) is 18.6 Å². The predicted molar refractivity (Wildman–Crippen MR) is 102 cm³/mol. The van der Waals surface area contributed by atoms with Crippen LogP contribution in [0.25, 0.3) is 5.76 Å². The van der Waals surface area contributed by atoms with Crippen molar-refractivity contribution in [3.8, 4) is 5.75 Å². The van der Waals surface area contributed by atoms with E-state index < -0.39 is 0 Å². The molecule has 1 aliphatic heterocycles. The summed E-state index contributed by atoms with van der Waals surface area (Å²) in [6.07, 6.45) is 11.1. The lowest BCUT2D eigenvalue weighted by molar-refractivity contribution is 0.271. The van der Waals surface area contributed by atoms with Gasteiger partial charge in [0.25, 0.3) is 11.1 Å². The van der Waals surface area contributed by atoms with Crippen LogP contribution in [0.3, 0.4) is 0 Å². The molecule has 6 nitrogen and oxygen atoms in total. The smallest absolute Gasteiger partial charge is 0.287 e. The molecular weight excluding hydrogens is 364 g/mol. The molecule has 0 N–H and O–H groups in total. The number of benzene rings is 1. The van der Waals surface area contributed by atoms with Crippen LogP contribution in [-0.4, -0.2) is 17.3 Å². The molecule has 0 unspecified atom stereocenters. The fraction of sp³-hybridized carbons (Fsp3) is 0.200. The van der Waals surface area contributed by atoms with Gasteiger partial charge in [0.05, 0.1) is 7.11 Å². The first-order chi connectivity index (χ1) is 13.3. The second-order valence-corrected chi connectivity index (χ2v) is 6.80. The third-order valence-electron chi connectivity index (χ3n) is 4.01. The van der Waals surface area contributed by atoms with E-state index >= 15 is 0 Å². The molecule has 0 saturated carbocycles. The Kier molecular flexibility index (Phi) is 5.29. The van der Waals surface area contributed by atoms with Crippen molar-refractivity contribution in [2.45, 2.75) is 23.8 Å². The SMILES string of the molecule is COc1cccc(CSc2nnc(C3=COC=C(C4=CC=CCC4)O3)o2)c1. The van der Waals surface area contributed by atoms with E-state index in [-0.39, 0.29) is 0 Å². The maximum Gasteiger partial charge on any atom is 0.287 e. The third kappa shape index (κ3) is 4.25. The van der Waals surface area contributed by atoms with Crippen molar-refractivity contribution in [2.24, 2.45) is 0 Å². The van der Waals surface area contributed by atoms with Crippen LogP contribution >= 0.6 is 11.8 Å². The molecule has 0 bridgehead atoms. The molecule has 138 valence electrons. The van der Waals surface area contributed by atoms with Crippen LogP contribution < -0.4 is 4.74 Å². The molecule has 0 saturated heterocycles. The molecule has 4 rings (SSSR count). The van der Waals surface area contributed by atoms with E-state index in [9.17, 15) is 0 Å². The van der Waals surface area contributed by atoms with Gasteiger partial charge < -0.3 is 18.6 Å². The number of aromatic nitrogens is 2. The Balaban J connectivity index is 1.39. The molecule has 1 aromatic carbocycles. The highest BCUT2D eigenvalue weighted by Crippen LogP contribution is 2.31. The summed E-state index contributed by atoms with van der Waals surface area (Å²) in [5.41, 5.74) is 2.19. The minimum absolute atomic E-state index is 0.292. The summed E-state index contributed by atoms with van der Waals surface area (Å²) in [5.74, 6) is 2.88. The summed E-state index contributed by atoms with van der Waals surface area (Å²) >= 11 is 1.45. The first kappa shape index (κ1) is 17.5. The Bertz CT molecular complexity index is 943. The number of ether oxygens (including phenoxy) is 3. The zero-order chi connectivity index (χ0) is 18.5.